The number of carbonyl (C=O) groups is 1. The van der Waals surface area contributed by atoms with Gasteiger partial charge in [0, 0.05) is 32.2 Å². The summed E-state index contributed by atoms with van der Waals surface area (Å²) >= 11 is 0. The van der Waals surface area contributed by atoms with Crippen molar-refractivity contribution in [2.24, 2.45) is 0 Å². The molecule has 2 amide bonds. The molecule has 3 rings (SSSR count). The molecule has 1 N–H and O–H groups in total. The third kappa shape index (κ3) is 3.66. The zero-order valence-corrected chi connectivity index (χ0v) is 13.5. The van der Waals surface area contributed by atoms with Crippen LogP contribution in [0.5, 0.6) is 0 Å². The quantitative estimate of drug-likeness (QED) is 0.835. The van der Waals surface area contributed by atoms with Crippen molar-refractivity contribution in [3.8, 4) is 0 Å². The molecule has 1 aliphatic carbocycles. The Morgan fingerprint density at radius 2 is 1.62 bits per heavy atom. The zero-order chi connectivity index (χ0) is 17.1. The van der Waals surface area contributed by atoms with E-state index in [-0.39, 0.29) is 5.69 Å². The van der Waals surface area contributed by atoms with Gasteiger partial charge >= 0.3 is 6.03 Å². The van der Waals surface area contributed by atoms with Crippen molar-refractivity contribution in [2.45, 2.75) is 38.1 Å². The van der Waals surface area contributed by atoms with E-state index in [1.807, 2.05) is 0 Å². The molecule has 0 radical (unpaired) electrons. The molecule has 1 saturated heterocycles. The summed E-state index contributed by atoms with van der Waals surface area (Å²) in [7, 11) is 0. The maximum absolute atomic E-state index is 13.6. The lowest BCUT2D eigenvalue weighted by atomic mass is 9.94. The van der Waals surface area contributed by atoms with Crippen LogP contribution in [0.4, 0.5) is 23.7 Å². The van der Waals surface area contributed by atoms with Gasteiger partial charge in [0.1, 0.15) is 0 Å². The molecular formula is C17H22F3N3O. The van der Waals surface area contributed by atoms with Crippen molar-refractivity contribution < 1.29 is 18.0 Å². The Hall–Kier alpha value is -1.76. The second-order valence-electron chi connectivity index (χ2n) is 6.47. The van der Waals surface area contributed by atoms with Gasteiger partial charge in [0.2, 0.25) is 0 Å². The fourth-order valence-electron chi connectivity index (χ4n) is 3.55. The van der Waals surface area contributed by atoms with Crippen molar-refractivity contribution in [1.82, 2.24) is 9.80 Å². The monoisotopic (exact) mass is 341 g/mol. The molecule has 0 aromatic heterocycles. The minimum Gasteiger partial charge on any atom is -0.322 e. The highest BCUT2D eigenvalue weighted by Gasteiger charge is 2.27. The molecule has 7 heteroatoms. The number of urea groups is 1. The summed E-state index contributed by atoms with van der Waals surface area (Å²) in [5, 5.41) is 2.33. The standard InChI is InChI=1S/C17H22F3N3O/c18-13-6-7-14(16(20)15(13)19)21-17(24)23-10-8-22(9-11-23)12-4-2-1-3-5-12/h6-7,12H,1-5,8-11H2,(H,21,24). The van der Waals surface area contributed by atoms with Gasteiger partial charge in [-0.25, -0.2) is 18.0 Å². The van der Waals surface area contributed by atoms with Crippen LogP contribution in [0, 0.1) is 17.5 Å². The Balaban J connectivity index is 1.54. The normalized spacial score (nSPS) is 20.2. The molecule has 2 aliphatic rings. The first-order chi connectivity index (χ1) is 11.6. The molecule has 1 aromatic rings. The number of nitrogens with zero attached hydrogens (tertiary/aromatic N) is 2. The molecule has 4 nitrogen and oxygen atoms in total. The topological polar surface area (TPSA) is 35.6 Å². The van der Waals surface area contributed by atoms with Crippen LogP contribution in [-0.2, 0) is 0 Å². The Bertz CT molecular complexity index is 597. The summed E-state index contributed by atoms with van der Waals surface area (Å²) in [6.07, 6.45) is 6.26. The summed E-state index contributed by atoms with van der Waals surface area (Å²) in [4.78, 5) is 16.2. The number of carbonyl (C=O) groups excluding carboxylic acids is 1. The molecule has 1 heterocycles. The van der Waals surface area contributed by atoms with Crippen molar-refractivity contribution in [2.75, 3.05) is 31.5 Å². The third-order valence-corrected chi connectivity index (χ3v) is 4.97. The van der Waals surface area contributed by atoms with Gasteiger partial charge in [0.15, 0.2) is 17.5 Å². The highest BCUT2D eigenvalue weighted by Crippen LogP contribution is 2.24. The number of hydrogen-bond acceptors (Lipinski definition) is 2. The van der Waals surface area contributed by atoms with Crippen LogP contribution in [-0.4, -0.2) is 48.1 Å². The highest BCUT2D eigenvalue weighted by molar-refractivity contribution is 5.89. The summed E-state index contributed by atoms with van der Waals surface area (Å²) < 4.78 is 39.8. The highest BCUT2D eigenvalue weighted by atomic mass is 19.2. The van der Waals surface area contributed by atoms with Gasteiger partial charge in [-0.05, 0) is 25.0 Å². The van der Waals surface area contributed by atoms with Crippen LogP contribution in [0.1, 0.15) is 32.1 Å². The van der Waals surface area contributed by atoms with Gasteiger partial charge < -0.3 is 10.2 Å². The van der Waals surface area contributed by atoms with Crippen LogP contribution >= 0.6 is 0 Å². The Labute approximate surface area is 139 Å². The zero-order valence-electron chi connectivity index (χ0n) is 13.5. The SMILES string of the molecule is O=C(Nc1ccc(F)c(F)c1F)N1CCN(C2CCCCC2)CC1. The number of amides is 2. The first-order valence-corrected chi connectivity index (χ1v) is 8.49. The van der Waals surface area contributed by atoms with E-state index < -0.39 is 23.5 Å². The second kappa shape index (κ2) is 7.42. The van der Waals surface area contributed by atoms with Gasteiger partial charge in [-0.3, -0.25) is 4.90 Å². The van der Waals surface area contributed by atoms with E-state index in [0.29, 0.717) is 19.1 Å². The van der Waals surface area contributed by atoms with Crippen LogP contribution in [0.25, 0.3) is 0 Å². The van der Waals surface area contributed by atoms with Gasteiger partial charge in [-0.1, -0.05) is 19.3 Å². The molecule has 1 saturated carbocycles. The van der Waals surface area contributed by atoms with Gasteiger partial charge in [0.25, 0.3) is 0 Å². The Morgan fingerprint density at radius 1 is 0.958 bits per heavy atom. The molecule has 0 bridgehead atoms. The van der Waals surface area contributed by atoms with Crippen molar-refractivity contribution in [3.05, 3.63) is 29.6 Å². The average molecular weight is 341 g/mol. The largest absolute Gasteiger partial charge is 0.322 e. The number of nitrogens with one attached hydrogen (secondary N) is 1. The Morgan fingerprint density at radius 3 is 2.29 bits per heavy atom. The predicted molar refractivity (Wildman–Crippen MR) is 85.4 cm³/mol. The fraction of sp³-hybridized carbons (Fsp3) is 0.588. The molecule has 0 spiro atoms. The predicted octanol–water partition coefficient (Wildman–Crippen LogP) is 3.59. The lowest BCUT2D eigenvalue weighted by Crippen LogP contribution is -2.53. The van der Waals surface area contributed by atoms with Crippen LogP contribution in [0.3, 0.4) is 0 Å². The number of hydrogen-bond donors (Lipinski definition) is 1. The maximum Gasteiger partial charge on any atom is 0.322 e. The molecule has 2 fully saturated rings. The smallest absolute Gasteiger partial charge is 0.322 e. The van der Waals surface area contributed by atoms with Crippen molar-refractivity contribution in [3.63, 3.8) is 0 Å². The molecule has 1 aliphatic heterocycles. The van der Waals surface area contributed by atoms with E-state index in [1.54, 1.807) is 4.90 Å². The molecule has 1 aromatic carbocycles. The summed E-state index contributed by atoms with van der Waals surface area (Å²) in [6.45, 7) is 2.68. The minimum atomic E-state index is -1.57. The van der Waals surface area contributed by atoms with Crippen molar-refractivity contribution in [1.29, 1.82) is 0 Å². The van der Waals surface area contributed by atoms with Crippen LogP contribution in [0.15, 0.2) is 12.1 Å². The van der Waals surface area contributed by atoms with Crippen LogP contribution in [0.2, 0.25) is 0 Å². The van der Waals surface area contributed by atoms with E-state index in [2.05, 4.69) is 10.2 Å². The van der Waals surface area contributed by atoms with Crippen molar-refractivity contribution >= 4 is 11.7 Å². The molecule has 0 atom stereocenters. The van der Waals surface area contributed by atoms with E-state index >= 15 is 0 Å². The number of rotatable bonds is 2. The van der Waals surface area contributed by atoms with E-state index in [9.17, 15) is 18.0 Å². The fourth-order valence-corrected chi connectivity index (χ4v) is 3.55. The molecule has 132 valence electrons. The lowest BCUT2D eigenvalue weighted by molar-refractivity contribution is 0.0942. The van der Waals surface area contributed by atoms with Gasteiger partial charge in [-0.15, -0.1) is 0 Å². The molecule has 24 heavy (non-hydrogen) atoms. The molecule has 0 unspecified atom stereocenters. The van der Waals surface area contributed by atoms with Gasteiger partial charge in [0.05, 0.1) is 5.69 Å². The number of anilines is 1. The Kier molecular flexibility index (Phi) is 5.28. The first-order valence-electron chi connectivity index (χ1n) is 8.49. The van der Waals surface area contributed by atoms with E-state index in [4.69, 9.17) is 0 Å². The van der Waals surface area contributed by atoms with Crippen LogP contribution < -0.4 is 5.32 Å². The minimum absolute atomic E-state index is 0.339. The van der Waals surface area contributed by atoms with Gasteiger partial charge in [-0.2, -0.15) is 0 Å². The molecular weight excluding hydrogens is 319 g/mol. The van der Waals surface area contributed by atoms with E-state index in [1.165, 1.54) is 32.1 Å². The number of piperazine rings is 1. The number of halogens is 3. The van der Waals surface area contributed by atoms with E-state index in [0.717, 1.165) is 25.2 Å². The lowest BCUT2D eigenvalue weighted by Gasteiger charge is -2.40. The average Bonchev–Trinajstić information content (AvgIpc) is 2.63. The number of benzene rings is 1. The summed E-state index contributed by atoms with van der Waals surface area (Å²) in [6, 6.07) is 1.95. The third-order valence-electron chi connectivity index (χ3n) is 4.97. The first kappa shape index (κ1) is 17.1. The summed E-state index contributed by atoms with van der Waals surface area (Å²) in [5.74, 6) is -4.22. The second-order valence-corrected chi connectivity index (χ2v) is 6.47. The summed E-state index contributed by atoms with van der Waals surface area (Å²) in [5.41, 5.74) is -0.339. The maximum atomic E-state index is 13.6.